The molecule has 0 aliphatic carbocycles. The average Bonchev–Trinajstić information content (AvgIpc) is 2.69. The van der Waals surface area contributed by atoms with Crippen molar-refractivity contribution in [3.63, 3.8) is 0 Å². The molecule has 3 aromatic rings. The molecule has 0 aliphatic rings. The summed E-state index contributed by atoms with van der Waals surface area (Å²) in [6.45, 7) is 2.00. The van der Waals surface area contributed by atoms with E-state index in [2.05, 4.69) is 19.9 Å². The van der Waals surface area contributed by atoms with Crippen molar-refractivity contribution in [2.45, 2.75) is 17.1 Å². The van der Waals surface area contributed by atoms with Gasteiger partial charge in [0.2, 0.25) is 5.28 Å². The second-order valence-electron chi connectivity index (χ2n) is 3.71. The van der Waals surface area contributed by atoms with Crippen LogP contribution in [0.1, 0.15) is 4.88 Å². The third kappa shape index (κ3) is 2.63. The van der Waals surface area contributed by atoms with Gasteiger partial charge in [0.05, 0.1) is 0 Å². The normalized spacial score (nSPS) is 11.1. The van der Waals surface area contributed by atoms with Gasteiger partial charge in [-0.3, -0.25) is 4.79 Å². The number of rotatable bonds is 2. The van der Waals surface area contributed by atoms with Crippen molar-refractivity contribution in [3.8, 4) is 0 Å². The van der Waals surface area contributed by atoms with Crippen LogP contribution in [-0.4, -0.2) is 19.9 Å². The molecule has 1 N–H and O–H groups in total. The molecular weight excluding hydrogens is 304 g/mol. The van der Waals surface area contributed by atoms with E-state index in [9.17, 15) is 4.79 Å². The SMILES string of the molecule is Cc1cc2c(Sc3nccc(=O)[nH]3)nc(Cl)nc2s1. The highest BCUT2D eigenvalue weighted by Crippen LogP contribution is 2.33. The minimum Gasteiger partial charge on any atom is -0.301 e. The van der Waals surface area contributed by atoms with Crippen molar-refractivity contribution in [1.29, 1.82) is 0 Å². The van der Waals surface area contributed by atoms with Crippen LogP contribution in [0.25, 0.3) is 10.2 Å². The van der Waals surface area contributed by atoms with Gasteiger partial charge in [0, 0.05) is 22.5 Å². The van der Waals surface area contributed by atoms with Crippen molar-refractivity contribution in [2.75, 3.05) is 0 Å². The highest BCUT2D eigenvalue weighted by Gasteiger charge is 2.12. The van der Waals surface area contributed by atoms with Crippen LogP contribution in [0.3, 0.4) is 0 Å². The van der Waals surface area contributed by atoms with Gasteiger partial charge in [-0.25, -0.2) is 15.0 Å². The lowest BCUT2D eigenvalue weighted by Crippen LogP contribution is -2.05. The number of hydrogen-bond donors (Lipinski definition) is 1. The summed E-state index contributed by atoms with van der Waals surface area (Å²) in [5.41, 5.74) is -0.199. The highest BCUT2D eigenvalue weighted by molar-refractivity contribution is 7.99. The summed E-state index contributed by atoms with van der Waals surface area (Å²) in [6, 6.07) is 3.36. The first-order valence-corrected chi connectivity index (χ1v) is 7.30. The van der Waals surface area contributed by atoms with E-state index >= 15 is 0 Å². The molecule has 3 heterocycles. The number of thiophene rings is 1. The first kappa shape index (κ1) is 12.6. The lowest BCUT2D eigenvalue weighted by Gasteiger charge is -2.01. The zero-order valence-corrected chi connectivity index (χ0v) is 12.1. The van der Waals surface area contributed by atoms with Gasteiger partial charge < -0.3 is 4.98 Å². The molecule has 0 unspecified atom stereocenters. The Bertz CT molecular complexity index is 814. The number of aromatic nitrogens is 4. The second-order valence-corrected chi connectivity index (χ2v) is 6.27. The van der Waals surface area contributed by atoms with Crippen LogP contribution in [-0.2, 0) is 0 Å². The molecule has 0 fully saturated rings. The van der Waals surface area contributed by atoms with Gasteiger partial charge in [-0.15, -0.1) is 11.3 Å². The Morgan fingerprint density at radius 2 is 2.26 bits per heavy atom. The highest BCUT2D eigenvalue weighted by atomic mass is 35.5. The van der Waals surface area contributed by atoms with Gasteiger partial charge in [0.1, 0.15) is 9.86 Å². The molecule has 0 saturated heterocycles. The molecule has 0 saturated carbocycles. The van der Waals surface area contributed by atoms with Crippen LogP contribution in [0.15, 0.2) is 33.3 Å². The Kier molecular flexibility index (Phi) is 3.26. The summed E-state index contributed by atoms with van der Waals surface area (Å²) in [6.07, 6.45) is 1.46. The van der Waals surface area contributed by atoms with E-state index in [1.165, 1.54) is 24.0 Å². The lowest BCUT2D eigenvalue weighted by atomic mass is 10.4. The monoisotopic (exact) mass is 310 g/mol. The van der Waals surface area contributed by atoms with Crippen LogP contribution in [0.5, 0.6) is 0 Å². The van der Waals surface area contributed by atoms with E-state index < -0.39 is 0 Å². The van der Waals surface area contributed by atoms with E-state index in [4.69, 9.17) is 11.6 Å². The van der Waals surface area contributed by atoms with Crippen LogP contribution in [0.2, 0.25) is 5.28 Å². The van der Waals surface area contributed by atoms with E-state index in [-0.39, 0.29) is 10.8 Å². The van der Waals surface area contributed by atoms with Crippen LogP contribution in [0, 0.1) is 6.92 Å². The van der Waals surface area contributed by atoms with E-state index in [0.717, 1.165) is 15.1 Å². The van der Waals surface area contributed by atoms with E-state index in [1.54, 1.807) is 11.3 Å². The Hall–Kier alpha value is -1.44. The predicted octanol–water partition coefficient (Wildman–Crippen LogP) is 2.89. The fourth-order valence-electron chi connectivity index (χ4n) is 1.56. The summed E-state index contributed by atoms with van der Waals surface area (Å²) in [7, 11) is 0. The number of nitrogens with zero attached hydrogens (tertiary/aromatic N) is 3. The Labute approximate surface area is 121 Å². The summed E-state index contributed by atoms with van der Waals surface area (Å²) >= 11 is 8.73. The summed E-state index contributed by atoms with van der Waals surface area (Å²) in [5, 5.41) is 2.28. The van der Waals surface area contributed by atoms with Crippen molar-refractivity contribution >= 4 is 44.9 Å². The average molecular weight is 311 g/mol. The molecule has 0 atom stereocenters. The fourth-order valence-corrected chi connectivity index (χ4v) is 3.62. The van der Waals surface area contributed by atoms with E-state index in [1.807, 2.05) is 13.0 Å². The standard InChI is InChI=1S/C11H7ClN4OS2/c1-5-4-6-8(18-5)15-10(12)16-9(6)19-11-13-3-2-7(17)14-11/h2-4H,1H3,(H,13,14,17). The number of H-pyrrole nitrogens is 1. The molecule has 0 aliphatic heterocycles. The number of hydrogen-bond acceptors (Lipinski definition) is 6. The number of nitrogens with one attached hydrogen (secondary N) is 1. The first-order chi connectivity index (χ1) is 9.11. The minimum absolute atomic E-state index is 0.190. The third-order valence-corrected chi connectivity index (χ3v) is 4.31. The molecular formula is C11H7ClN4OS2. The Morgan fingerprint density at radius 1 is 1.42 bits per heavy atom. The minimum atomic E-state index is -0.199. The molecule has 0 radical (unpaired) electrons. The van der Waals surface area contributed by atoms with Crippen LogP contribution >= 0.6 is 34.7 Å². The number of aromatic amines is 1. The predicted molar refractivity (Wildman–Crippen MR) is 76.1 cm³/mol. The van der Waals surface area contributed by atoms with Crippen molar-refractivity contribution in [3.05, 3.63) is 38.8 Å². The van der Waals surface area contributed by atoms with E-state index in [0.29, 0.717) is 10.2 Å². The molecule has 0 bridgehead atoms. The quantitative estimate of drug-likeness (QED) is 0.582. The van der Waals surface area contributed by atoms with Crippen LogP contribution < -0.4 is 5.56 Å². The molecule has 96 valence electrons. The van der Waals surface area contributed by atoms with Gasteiger partial charge >= 0.3 is 0 Å². The number of aryl methyl sites for hydroxylation is 1. The molecule has 5 nitrogen and oxygen atoms in total. The molecule has 19 heavy (non-hydrogen) atoms. The zero-order valence-electron chi connectivity index (χ0n) is 9.68. The largest absolute Gasteiger partial charge is 0.301 e. The smallest absolute Gasteiger partial charge is 0.251 e. The topological polar surface area (TPSA) is 71.5 Å². The summed E-state index contributed by atoms with van der Waals surface area (Å²) < 4.78 is 0. The molecule has 0 spiro atoms. The Morgan fingerprint density at radius 3 is 3.05 bits per heavy atom. The maximum absolute atomic E-state index is 11.2. The van der Waals surface area contributed by atoms with Crippen LogP contribution in [0.4, 0.5) is 0 Å². The van der Waals surface area contributed by atoms with Crippen molar-refractivity contribution < 1.29 is 0 Å². The van der Waals surface area contributed by atoms with Gasteiger partial charge in [0.25, 0.3) is 5.56 Å². The number of fused-ring (bicyclic) bond motifs is 1. The third-order valence-electron chi connectivity index (χ3n) is 2.29. The van der Waals surface area contributed by atoms with Gasteiger partial charge in [-0.05, 0) is 36.4 Å². The fraction of sp³-hybridized carbons (Fsp3) is 0.0909. The van der Waals surface area contributed by atoms with Gasteiger partial charge in [0.15, 0.2) is 5.16 Å². The number of halogens is 1. The second kappa shape index (κ2) is 4.92. The Balaban J connectivity index is 2.11. The molecule has 3 rings (SSSR count). The van der Waals surface area contributed by atoms with Gasteiger partial charge in [-0.2, -0.15) is 0 Å². The van der Waals surface area contributed by atoms with Gasteiger partial charge in [-0.1, -0.05) is 0 Å². The first-order valence-electron chi connectivity index (χ1n) is 5.29. The summed E-state index contributed by atoms with van der Waals surface area (Å²) in [5.74, 6) is 0. The molecule has 0 aromatic carbocycles. The maximum Gasteiger partial charge on any atom is 0.251 e. The lowest BCUT2D eigenvalue weighted by molar-refractivity contribution is 0.932. The molecule has 8 heteroatoms. The van der Waals surface area contributed by atoms with Crippen molar-refractivity contribution in [2.24, 2.45) is 0 Å². The molecule has 3 aromatic heterocycles. The summed E-state index contributed by atoms with van der Waals surface area (Å²) in [4.78, 5) is 28.3. The zero-order chi connectivity index (χ0) is 13.4. The molecule has 0 amide bonds. The maximum atomic E-state index is 11.2. The van der Waals surface area contributed by atoms with Crippen molar-refractivity contribution in [1.82, 2.24) is 19.9 Å².